The van der Waals surface area contributed by atoms with Crippen LogP contribution in [0.5, 0.6) is 5.75 Å². The van der Waals surface area contributed by atoms with E-state index in [1.807, 2.05) is 0 Å². The number of rotatable bonds is 7. The molecule has 1 aliphatic heterocycles. The van der Waals surface area contributed by atoms with E-state index in [1.165, 1.54) is 24.3 Å². The molecule has 10 heteroatoms. The van der Waals surface area contributed by atoms with Crippen LogP contribution in [0.25, 0.3) is 11.1 Å². The van der Waals surface area contributed by atoms with E-state index in [4.69, 9.17) is 38.8 Å². The zero-order valence-corrected chi connectivity index (χ0v) is 19.5. The molecule has 0 aromatic heterocycles. The number of carbonyl (C=O) groups is 1. The van der Waals surface area contributed by atoms with Gasteiger partial charge in [0, 0.05) is 22.7 Å². The molecule has 1 aliphatic rings. The van der Waals surface area contributed by atoms with Crippen molar-refractivity contribution >= 4 is 39.0 Å². The number of fused-ring (bicyclic) bond motifs is 1. The van der Waals surface area contributed by atoms with Crippen LogP contribution in [0.2, 0.25) is 10.0 Å². The Bertz CT molecular complexity index is 1330. The number of ether oxygens (including phenoxy) is 1. The minimum atomic E-state index is -3.76. The number of nitrogens with two attached hydrogens (primary N) is 1. The van der Waals surface area contributed by atoms with Crippen molar-refractivity contribution in [2.75, 3.05) is 13.2 Å². The van der Waals surface area contributed by atoms with Gasteiger partial charge in [0.15, 0.2) is 6.10 Å². The lowest BCUT2D eigenvalue weighted by Gasteiger charge is -2.15. The van der Waals surface area contributed by atoms with Crippen molar-refractivity contribution in [2.45, 2.75) is 17.0 Å². The number of sulfonamides is 1. The molecule has 7 nitrogen and oxygen atoms in total. The number of halogens is 2. The van der Waals surface area contributed by atoms with Crippen molar-refractivity contribution in [1.29, 1.82) is 0 Å². The Hall–Kier alpha value is -2.46. The largest absolute Gasteiger partial charge is 0.480 e. The molecule has 3 aromatic carbocycles. The maximum Gasteiger partial charge on any atom is 0.240 e. The predicted octanol–water partition coefficient (Wildman–Crippen LogP) is 3.57. The highest BCUT2D eigenvalue weighted by Crippen LogP contribution is 2.40. The molecule has 3 aromatic rings. The molecule has 4 rings (SSSR count). The first-order valence-corrected chi connectivity index (χ1v) is 12.2. The molecule has 0 radical (unpaired) electrons. The number of Topliss-reactive ketones (excluding diaryl/α,β-unsaturated/α-hetero) is 1. The van der Waals surface area contributed by atoms with Gasteiger partial charge >= 0.3 is 0 Å². The summed E-state index contributed by atoms with van der Waals surface area (Å²) in [5.74, 6) is 0.0834. The molecule has 0 saturated carbocycles. The Labute approximate surface area is 201 Å². The molecule has 0 amide bonds. The second-order valence-electron chi connectivity index (χ2n) is 7.45. The molecule has 1 heterocycles. The number of nitrogens with one attached hydrogen (secondary N) is 1. The van der Waals surface area contributed by atoms with Gasteiger partial charge in [-0.15, -0.1) is 0 Å². The fourth-order valence-electron chi connectivity index (χ4n) is 3.63. The topological polar surface area (TPSA) is 119 Å². The summed E-state index contributed by atoms with van der Waals surface area (Å²) < 4.78 is 33.0. The molecule has 33 heavy (non-hydrogen) atoms. The van der Waals surface area contributed by atoms with Crippen LogP contribution in [0.15, 0.2) is 65.6 Å². The molecule has 0 spiro atoms. The summed E-state index contributed by atoms with van der Waals surface area (Å²) in [6.07, 6.45) is -0.955. The summed E-state index contributed by atoms with van der Waals surface area (Å²) >= 11 is 12.1. The van der Waals surface area contributed by atoms with Gasteiger partial charge in [-0.25, -0.2) is 13.1 Å². The Balaban J connectivity index is 1.62. The first-order valence-electron chi connectivity index (χ1n) is 9.97. The van der Waals surface area contributed by atoms with Crippen molar-refractivity contribution in [3.05, 3.63) is 81.8 Å². The van der Waals surface area contributed by atoms with Crippen LogP contribution in [0.1, 0.15) is 22.0 Å². The SMILES string of the molecule is NC1c2ccc(-c3cccc(S(=O)(=O)NCCO)c3)cc2OC1C(=O)c1ccc(Cl)cc1Cl. The minimum Gasteiger partial charge on any atom is -0.480 e. The Kier molecular flexibility index (Phi) is 6.76. The molecule has 2 atom stereocenters. The molecule has 2 unspecified atom stereocenters. The van der Waals surface area contributed by atoms with Crippen LogP contribution in [0.3, 0.4) is 0 Å². The average molecular weight is 507 g/mol. The van der Waals surface area contributed by atoms with E-state index in [0.717, 1.165) is 0 Å². The van der Waals surface area contributed by atoms with Gasteiger partial charge in [-0.2, -0.15) is 0 Å². The summed E-state index contributed by atoms with van der Waals surface area (Å²) in [6, 6.07) is 15.5. The van der Waals surface area contributed by atoms with E-state index < -0.39 is 22.2 Å². The minimum absolute atomic E-state index is 0.0667. The Morgan fingerprint density at radius 1 is 1.06 bits per heavy atom. The van der Waals surface area contributed by atoms with Crippen LogP contribution in [-0.4, -0.2) is 38.6 Å². The fourth-order valence-corrected chi connectivity index (χ4v) is 5.20. The first kappa shape index (κ1) is 23.7. The lowest BCUT2D eigenvalue weighted by Crippen LogP contribution is -2.33. The molecular weight excluding hydrogens is 487 g/mol. The van der Waals surface area contributed by atoms with Crippen molar-refractivity contribution in [3.63, 3.8) is 0 Å². The molecule has 0 bridgehead atoms. The second kappa shape index (κ2) is 9.42. The van der Waals surface area contributed by atoms with Crippen molar-refractivity contribution in [1.82, 2.24) is 4.72 Å². The maximum absolute atomic E-state index is 13.0. The Morgan fingerprint density at radius 2 is 1.82 bits per heavy atom. The number of ketones is 1. The van der Waals surface area contributed by atoms with E-state index in [0.29, 0.717) is 27.5 Å². The van der Waals surface area contributed by atoms with Gasteiger partial charge in [0.2, 0.25) is 15.8 Å². The van der Waals surface area contributed by atoms with Crippen molar-refractivity contribution in [2.24, 2.45) is 5.73 Å². The molecular formula is C23H20Cl2N2O5S. The smallest absolute Gasteiger partial charge is 0.240 e. The first-order chi connectivity index (χ1) is 15.7. The highest BCUT2D eigenvalue weighted by atomic mass is 35.5. The second-order valence-corrected chi connectivity index (χ2v) is 10.1. The van der Waals surface area contributed by atoms with Crippen LogP contribution in [0.4, 0.5) is 0 Å². The zero-order chi connectivity index (χ0) is 23.8. The zero-order valence-electron chi connectivity index (χ0n) is 17.2. The van der Waals surface area contributed by atoms with Crippen molar-refractivity contribution < 1.29 is 23.1 Å². The predicted molar refractivity (Wildman–Crippen MR) is 126 cm³/mol. The third-order valence-corrected chi connectivity index (χ3v) is 7.30. The van der Waals surface area contributed by atoms with Gasteiger partial charge in [0.25, 0.3) is 0 Å². The Morgan fingerprint density at radius 3 is 2.55 bits per heavy atom. The highest BCUT2D eigenvalue weighted by molar-refractivity contribution is 7.89. The quantitative estimate of drug-likeness (QED) is 0.421. The lowest BCUT2D eigenvalue weighted by atomic mass is 9.96. The van der Waals surface area contributed by atoms with Crippen LogP contribution in [0, 0.1) is 0 Å². The van der Waals surface area contributed by atoms with Gasteiger partial charge in [0.05, 0.1) is 22.6 Å². The van der Waals surface area contributed by atoms with Crippen LogP contribution >= 0.6 is 23.2 Å². The van der Waals surface area contributed by atoms with E-state index in [-0.39, 0.29) is 34.4 Å². The molecule has 4 N–H and O–H groups in total. The van der Waals surface area contributed by atoms with E-state index in [9.17, 15) is 13.2 Å². The third kappa shape index (κ3) is 4.77. The van der Waals surface area contributed by atoms with Gasteiger partial charge in [-0.05, 0) is 47.5 Å². The van der Waals surface area contributed by atoms with Gasteiger partial charge < -0.3 is 15.6 Å². The number of hydrogen-bond acceptors (Lipinski definition) is 6. The number of benzene rings is 3. The standard InChI is InChI=1S/C23H20Cl2N2O5S/c24-15-5-7-17(19(25)12-15)22(29)23-21(26)18-6-4-14(11-20(18)32-23)13-2-1-3-16(10-13)33(30,31)27-8-9-28/h1-7,10-12,21,23,27-28H,8-9,26H2. The van der Waals surface area contributed by atoms with E-state index in [1.54, 1.807) is 36.4 Å². The average Bonchev–Trinajstić information content (AvgIpc) is 3.13. The number of hydrogen-bond donors (Lipinski definition) is 3. The number of aliphatic hydroxyl groups is 1. The molecule has 172 valence electrons. The summed E-state index contributed by atoms with van der Waals surface area (Å²) in [5, 5.41) is 9.52. The van der Waals surface area contributed by atoms with Crippen LogP contribution < -0.4 is 15.2 Å². The summed E-state index contributed by atoms with van der Waals surface area (Å²) in [6.45, 7) is -0.382. The fraction of sp³-hybridized carbons (Fsp3) is 0.174. The summed E-state index contributed by atoms with van der Waals surface area (Å²) in [5.41, 5.74) is 8.56. The molecule has 0 aliphatic carbocycles. The number of aliphatic hydroxyl groups excluding tert-OH is 1. The highest BCUT2D eigenvalue weighted by Gasteiger charge is 2.38. The maximum atomic E-state index is 13.0. The normalized spacial score (nSPS) is 17.5. The van der Waals surface area contributed by atoms with Gasteiger partial charge in [0.1, 0.15) is 5.75 Å². The molecule has 0 fully saturated rings. The van der Waals surface area contributed by atoms with Crippen molar-refractivity contribution in [3.8, 4) is 16.9 Å². The third-order valence-electron chi connectivity index (χ3n) is 5.29. The van der Waals surface area contributed by atoms with Gasteiger partial charge in [-0.3, -0.25) is 4.79 Å². The lowest BCUT2D eigenvalue weighted by molar-refractivity contribution is 0.0795. The van der Waals surface area contributed by atoms with E-state index >= 15 is 0 Å². The number of carbonyl (C=O) groups excluding carboxylic acids is 1. The summed E-state index contributed by atoms with van der Waals surface area (Å²) in [7, 11) is -3.76. The van der Waals surface area contributed by atoms with E-state index in [2.05, 4.69) is 4.72 Å². The molecule has 0 saturated heterocycles. The van der Waals surface area contributed by atoms with Crippen LogP contribution in [-0.2, 0) is 10.0 Å². The monoisotopic (exact) mass is 506 g/mol. The summed E-state index contributed by atoms with van der Waals surface area (Å²) in [4.78, 5) is 13.1. The van der Waals surface area contributed by atoms with Gasteiger partial charge in [-0.1, -0.05) is 47.5 Å².